The fraction of sp³-hybridized carbons (Fsp3) is 0.154. The summed E-state index contributed by atoms with van der Waals surface area (Å²) in [4.78, 5) is 33.7. The van der Waals surface area contributed by atoms with Crippen molar-refractivity contribution in [2.45, 2.75) is 0 Å². The zero-order valence-corrected chi connectivity index (χ0v) is 12.1. The topological polar surface area (TPSA) is 94.9 Å². The summed E-state index contributed by atoms with van der Waals surface area (Å²) in [5, 5.41) is 18.1. The number of halogens is 2. The highest BCUT2D eigenvalue weighted by atomic mass is 35.5. The van der Waals surface area contributed by atoms with Crippen molar-refractivity contribution < 1.29 is 24.6 Å². The van der Waals surface area contributed by atoms with Gasteiger partial charge in [-0.25, -0.2) is 0 Å². The highest BCUT2D eigenvalue weighted by Gasteiger charge is 2.17. The highest BCUT2D eigenvalue weighted by Crippen LogP contribution is 2.19. The minimum absolute atomic E-state index is 0.377. The molecule has 6 nitrogen and oxygen atoms in total. The van der Waals surface area contributed by atoms with Gasteiger partial charge < -0.3 is 15.1 Å². The average molecular weight is 332 g/mol. The molecule has 1 aromatic rings. The van der Waals surface area contributed by atoms with E-state index in [0.717, 1.165) is 6.08 Å². The predicted molar refractivity (Wildman–Crippen MR) is 77.3 cm³/mol. The molecule has 2 N–H and O–H groups in total. The molecule has 0 fully saturated rings. The van der Waals surface area contributed by atoms with Crippen molar-refractivity contribution in [1.82, 2.24) is 4.90 Å². The highest BCUT2D eigenvalue weighted by molar-refractivity contribution is 6.34. The second kappa shape index (κ2) is 7.66. The van der Waals surface area contributed by atoms with Crippen molar-refractivity contribution in [1.29, 1.82) is 0 Å². The molecule has 0 spiro atoms. The van der Waals surface area contributed by atoms with Gasteiger partial charge in [-0.05, 0) is 29.8 Å². The number of amides is 1. The second-order valence-electron chi connectivity index (χ2n) is 4.02. The fourth-order valence-corrected chi connectivity index (χ4v) is 2.03. The van der Waals surface area contributed by atoms with Crippen LogP contribution in [0.2, 0.25) is 10.0 Å². The summed E-state index contributed by atoms with van der Waals surface area (Å²) in [6.45, 7) is -1.41. The standard InChI is InChI=1S/C13H11Cl2NO5/c14-9-3-8(4-10(15)5-9)1-2-11(17)16(6-12(18)19)7-13(20)21/h1-5H,6-7H2,(H,18,19)(H,20,21). The Kier molecular flexibility index (Phi) is 6.20. The van der Waals surface area contributed by atoms with Gasteiger partial charge in [-0.3, -0.25) is 14.4 Å². The quantitative estimate of drug-likeness (QED) is 0.777. The molecule has 1 rings (SSSR count). The van der Waals surface area contributed by atoms with E-state index in [2.05, 4.69) is 0 Å². The van der Waals surface area contributed by atoms with Crippen LogP contribution in [0.4, 0.5) is 0 Å². The van der Waals surface area contributed by atoms with Gasteiger partial charge in [0.1, 0.15) is 13.1 Å². The van der Waals surface area contributed by atoms with Gasteiger partial charge >= 0.3 is 11.9 Å². The van der Waals surface area contributed by atoms with Crippen LogP contribution in [0.3, 0.4) is 0 Å². The smallest absolute Gasteiger partial charge is 0.323 e. The number of rotatable bonds is 6. The third kappa shape index (κ3) is 6.29. The van der Waals surface area contributed by atoms with Crippen LogP contribution < -0.4 is 0 Å². The molecule has 0 heterocycles. The normalized spacial score (nSPS) is 10.6. The predicted octanol–water partition coefficient (Wildman–Crippen LogP) is 2.00. The van der Waals surface area contributed by atoms with E-state index in [4.69, 9.17) is 33.4 Å². The SMILES string of the molecule is O=C(O)CN(CC(=O)O)C(=O)C=Cc1cc(Cl)cc(Cl)c1. The Morgan fingerprint density at radius 1 is 1.00 bits per heavy atom. The van der Waals surface area contributed by atoms with Gasteiger partial charge in [0, 0.05) is 16.1 Å². The molecule has 0 radical (unpaired) electrons. The van der Waals surface area contributed by atoms with Crippen LogP contribution in [0.25, 0.3) is 6.08 Å². The van der Waals surface area contributed by atoms with Crippen LogP contribution >= 0.6 is 23.2 Å². The van der Waals surface area contributed by atoms with E-state index >= 15 is 0 Å². The van der Waals surface area contributed by atoms with Crippen molar-refractivity contribution in [3.05, 3.63) is 39.9 Å². The lowest BCUT2D eigenvalue weighted by molar-refractivity contribution is -0.147. The molecule has 0 aliphatic rings. The van der Waals surface area contributed by atoms with Crippen LogP contribution in [0, 0.1) is 0 Å². The molecule has 112 valence electrons. The van der Waals surface area contributed by atoms with Crippen molar-refractivity contribution in [2.75, 3.05) is 13.1 Å². The van der Waals surface area contributed by atoms with Crippen LogP contribution in [-0.2, 0) is 14.4 Å². The third-order valence-corrected chi connectivity index (χ3v) is 2.70. The minimum Gasteiger partial charge on any atom is -0.480 e. The summed E-state index contributed by atoms with van der Waals surface area (Å²) in [7, 11) is 0. The molecule has 0 aromatic heterocycles. The molecule has 1 amide bonds. The maximum absolute atomic E-state index is 11.8. The van der Waals surface area contributed by atoms with Gasteiger partial charge in [0.15, 0.2) is 0 Å². The number of carbonyl (C=O) groups excluding carboxylic acids is 1. The van der Waals surface area contributed by atoms with Crippen LogP contribution in [0.1, 0.15) is 5.56 Å². The number of benzene rings is 1. The van der Waals surface area contributed by atoms with Crippen molar-refractivity contribution >= 4 is 47.1 Å². The fourth-order valence-electron chi connectivity index (χ4n) is 1.48. The summed E-state index contributed by atoms with van der Waals surface area (Å²) < 4.78 is 0. The first-order chi connectivity index (χ1) is 9.77. The molecular formula is C13H11Cl2NO5. The van der Waals surface area contributed by atoms with E-state index in [1.165, 1.54) is 12.1 Å². The number of hydrogen-bond acceptors (Lipinski definition) is 3. The third-order valence-electron chi connectivity index (χ3n) is 2.27. The number of hydrogen-bond donors (Lipinski definition) is 2. The summed E-state index contributed by atoms with van der Waals surface area (Å²) in [5.74, 6) is -3.34. The molecule has 0 atom stereocenters. The van der Waals surface area contributed by atoms with E-state index in [9.17, 15) is 14.4 Å². The first-order valence-corrected chi connectivity index (χ1v) is 6.40. The van der Waals surface area contributed by atoms with Gasteiger partial charge in [-0.15, -0.1) is 0 Å². The van der Waals surface area contributed by atoms with E-state index < -0.39 is 30.9 Å². The molecule has 1 aromatic carbocycles. The van der Waals surface area contributed by atoms with Crippen molar-refractivity contribution in [2.24, 2.45) is 0 Å². The Labute approximate surface area is 130 Å². The Bertz CT molecular complexity index is 564. The van der Waals surface area contributed by atoms with Crippen LogP contribution in [-0.4, -0.2) is 46.0 Å². The first-order valence-electron chi connectivity index (χ1n) is 5.64. The summed E-state index contributed by atoms with van der Waals surface area (Å²) in [5.41, 5.74) is 0.534. The van der Waals surface area contributed by atoms with Gasteiger partial charge in [0.2, 0.25) is 5.91 Å². The van der Waals surface area contributed by atoms with E-state index in [1.807, 2.05) is 0 Å². The largest absolute Gasteiger partial charge is 0.480 e. The van der Waals surface area contributed by atoms with Crippen molar-refractivity contribution in [3.8, 4) is 0 Å². The lowest BCUT2D eigenvalue weighted by atomic mass is 10.2. The average Bonchev–Trinajstić information content (AvgIpc) is 2.32. The first kappa shape index (κ1) is 17.0. The summed E-state index contributed by atoms with van der Waals surface area (Å²) in [6, 6.07) is 4.62. The molecular weight excluding hydrogens is 321 g/mol. The Hall–Kier alpha value is -2.05. The van der Waals surface area contributed by atoms with Gasteiger partial charge in [0.25, 0.3) is 0 Å². The van der Waals surface area contributed by atoms with Crippen molar-refractivity contribution in [3.63, 3.8) is 0 Å². The second-order valence-corrected chi connectivity index (χ2v) is 4.89. The maximum atomic E-state index is 11.8. The summed E-state index contributed by atoms with van der Waals surface area (Å²) >= 11 is 11.6. The van der Waals surface area contributed by atoms with E-state index in [-0.39, 0.29) is 0 Å². The molecule has 0 saturated carbocycles. The molecule has 8 heteroatoms. The lowest BCUT2D eigenvalue weighted by Crippen LogP contribution is -2.38. The Morgan fingerprint density at radius 3 is 1.90 bits per heavy atom. The zero-order chi connectivity index (χ0) is 16.0. The molecule has 0 aliphatic carbocycles. The monoisotopic (exact) mass is 331 g/mol. The van der Waals surface area contributed by atoms with E-state index in [0.29, 0.717) is 20.5 Å². The molecule has 0 saturated heterocycles. The van der Waals surface area contributed by atoms with E-state index in [1.54, 1.807) is 12.1 Å². The summed E-state index contributed by atoms with van der Waals surface area (Å²) in [6.07, 6.45) is 2.44. The zero-order valence-electron chi connectivity index (χ0n) is 10.6. The molecule has 0 unspecified atom stereocenters. The lowest BCUT2D eigenvalue weighted by Gasteiger charge is -2.16. The Morgan fingerprint density at radius 2 is 1.48 bits per heavy atom. The maximum Gasteiger partial charge on any atom is 0.323 e. The number of nitrogens with zero attached hydrogens (tertiary/aromatic N) is 1. The number of aliphatic carboxylic acids is 2. The van der Waals surface area contributed by atoms with Crippen LogP contribution in [0.5, 0.6) is 0 Å². The number of carbonyl (C=O) groups is 3. The molecule has 0 bridgehead atoms. The Balaban J connectivity index is 2.86. The van der Waals surface area contributed by atoms with Crippen LogP contribution in [0.15, 0.2) is 24.3 Å². The molecule has 21 heavy (non-hydrogen) atoms. The number of carboxylic acids is 2. The number of carboxylic acid groups (broad SMARTS) is 2. The van der Waals surface area contributed by atoms with Gasteiger partial charge in [-0.1, -0.05) is 23.2 Å². The molecule has 0 aliphatic heterocycles. The van der Waals surface area contributed by atoms with Gasteiger partial charge in [0.05, 0.1) is 0 Å². The minimum atomic E-state index is -1.30. The van der Waals surface area contributed by atoms with Gasteiger partial charge in [-0.2, -0.15) is 0 Å².